The number of nitrogens with zero attached hydrogens (tertiary/aromatic N) is 5. The molecule has 0 fully saturated rings. The number of hydrogen-bond acceptors (Lipinski definition) is 11. The zero-order valence-electron chi connectivity index (χ0n) is 27.0. The van der Waals surface area contributed by atoms with Crippen LogP contribution in [-0.2, 0) is 16.3 Å². The molecule has 0 aliphatic heterocycles. The van der Waals surface area contributed by atoms with Crippen molar-refractivity contribution in [2.24, 2.45) is 10.2 Å². The Balaban J connectivity index is 0.000000210. The van der Waals surface area contributed by atoms with E-state index in [0.29, 0.717) is 51.5 Å². The maximum Gasteiger partial charge on any atom is 0.232 e. The Bertz CT molecular complexity index is 1980. The first kappa shape index (κ1) is 33.8. The highest BCUT2D eigenvalue weighted by Gasteiger charge is 2.15. The van der Waals surface area contributed by atoms with Crippen LogP contribution in [0.4, 0.5) is 34.6 Å². The first-order valence-electron chi connectivity index (χ1n) is 15.0. The molecule has 0 spiro atoms. The Morgan fingerprint density at radius 2 is 1.57 bits per heavy atom. The highest BCUT2D eigenvalue weighted by Crippen LogP contribution is 2.42. The molecule has 11 nitrogen and oxygen atoms in total. The number of hydrogen-bond donors (Lipinski definition) is 4. The second-order valence-electron chi connectivity index (χ2n) is 10.7. The van der Waals surface area contributed by atoms with Gasteiger partial charge in [0.25, 0.3) is 0 Å². The van der Waals surface area contributed by atoms with Crippen LogP contribution in [0.2, 0.25) is 0 Å². The van der Waals surface area contributed by atoms with Crippen molar-refractivity contribution in [2.75, 3.05) is 29.2 Å². The molecule has 0 atom stereocenters. The summed E-state index contributed by atoms with van der Waals surface area (Å²) in [5, 5.41) is 26.9. The third kappa shape index (κ3) is 7.94. The first-order chi connectivity index (χ1) is 22.0. The fourth-order valence-corrected chi connectivity index (χ4v) is 6.22. The fourth-order valence-electron chi connectivity index (χ4n) is 4.89. The molecule has 0 radical (unpaired) electrons. The molecule has 4 aromatic carbocycles. The van der Waals surface area contributed by atoms with Crippen molar-refractivity contribution >= 4 is 55.3 Å². The monoisotopic (exact) mass is 640 g/mol. The van der Waals surface area contributed by atoms with Gasteiger partial charge in [0.15, 0.2) is 9.84 Å². The summed E-state index contributed by atoms with van der Waals surface area (Å²) in [6.07, 6.45) is 1.34. The zero-order valence-corrected chi connectivity index (χ0v) is 27.8. The Morgan fingerprint density at radius 3 is 2.22 bits per heavy atom. The molecular weight excluding hydrogens is 600 g/mol. The van der Waals surface area contributed by atoms with Gasteiger partial charge >= 0.3 is 0 Å². The maximum absolute atomic E-state index is 12.0. The standard InChI is InChI=1S/C20H21N3O.C14H19N5O2S/c1-4-15-13(3)11-14-9-10-16(21)19(18(14)20(15)24)23-22-17-8-6-5-7-12(17)2;1-4-9-22(20,21)12-7-5-11(6-8-12)18-14-17-10(2)16-13(15-3)19-14/h5-11,24H,4,21H2,1-3H3;5-8H,4,9H2,1-3H3,(H2,15,16,17,18,19). The van der Waals surface area contributed by atoms with Crippen molar-refractivity contribution in [1.82, 2.24) is 15.0 Å². The van der Waals surface area contributed by atoms with Gasteiger partial charge in [-0.25, -0.2) is 8.42 Å². The predicted molar refractivity (Wildman–Crippen MR) is 186 cm³/mol. The summed E-state index contributed by atoms with van der Waals surface area (Å²) in [5.74, 6) is 1.86. The summed E-state index contributed by atoms with van der Waals surface area (Å²) in [4.78, 5) is 12.8. The molecule has 0 saturated heterocycles. The van der Waals surface area contributed by atoms with E-state index in [9.17, 15) is 13.5 Å². The minimum atomic E-state index is -3.20. The Kier molecular flexibility index (Phi) is 10.9. The third-order valence-corrected chi connectivity index (χ3v) is 9.19. The molecule has 1 heterocycles. The number of rotatable bonds is 9. The lowest BCUT2D eigenvalue weighted by atomic mass is 9.97. The Hall–Kier alpha value is -5.10. The van der Waals surface area contributed by atoms with E-state index >= 15 is 0 Å². The SMILES string of the molecule is CCCS(=O)(=O)c1ccc(Nc2nc(C)nc(NC)n2)cc1.CCc1c(C)cc2ccc(N)c(N=Nc3ccccc3C)c2c1O. The number of nitrogens with two attached hydrogens (primary N) is 1. The molecule has 0 amide bonds. The number of fused-ring (bicyclic) bond motifs is 1. The van der Waals surface area contributed by atoms with Crippen molar-refractivity contribution in [3.63, 3.8) is 0 Å². The molecule has 0 saturated carbocycles. The smallest absolute Gasteiger partial charge is 0.232 e. The second-order valence-corrected chi connectivity index (χ2v) is 12.8. The number of phenols is 1. The van der Waals surface area contributed by atoms with E-state index in [0.717, 1.165) is 34.2 Å². The minimum Gasteiger partial charge on any atom is -0.507 e. The molecule has 0 aliphatic rings. The van der Waals surface area contributed by atoms with Crippen molar-refractivity contribution in [3.8, 4) is 5.75 Å². The molecule has 12 heteroatoms. The van der Waals surface area contributed by atoms with Gasteiger partial charge in [0.05, 0.1) is 27.4 Å². The summed E-state index contributed by atoms with van der Waals surface area (Å²) in [5.41, 5.74) is 11.7. The van der Waals surface area contributed by atoms with Crippen LogP contribution < -0.4 is 16.4 Å². The van der Waals surface area contributed by atoms with E-state index < -0.39 is 9.84 Å². The summed E-state index contributed by atoms with van der Waals surface area (Å²) in [6.45, 7) is 9.62. The fraction of sp³-hybridized carbons (Fsp3) is 0.265. The average molecular weight is 641 g/mol. The molecule has 0 aliphatic carbocycles. The van der Waals surface area contributed by atoms with Gasteiger partial charge in [-0.2, -0.15) is 20.1 Å². The minimum absolute atomic E-state index is 0.151. The van der Waals surface area contributed by atoms with E-state index in [4.69, 9.17) is 5.73 Å². The van der Waals surface area contributed by atoms with E-state index in [2.05, 4.69) is 41.9 Å². The molecule has 1 aromatic heterocycles. The summed E-state index contributed by atoms with van der Waals surface area (Å²) < 4.78 is 23.9. The lowest BCUT2D eigenvalue weighted by Gasteiger charge is -2.13. The highest BCUT2D eigenvalue weighted by atomic mass is 32.2. The van der Waals surface area contributed by atoms with E-state index in [1.54, 1.807) is 44.3 Å². The Morgan fingerprint density at radius 1 is 0.870 bits per heavy atom. The number of azo groups is 1. The van der Waals surface area contributed by atoms with Gasteiger partial charge in [-0.3, -0.25) is 0 Å². The lowest BCUT2D eigenvalue weighted by molar-refractivity contribution is 0.475. The van der Waals surface area contributed by atoms with Gasteiger partial charge in [0.1, 0.15) is 17.3 Å². The normalized spacial score (nSPS) is 11.3. The molecular formula is C34H40N8O3S. The van der Waals surface area contributed by atoms with Crippen LogP contribution in [0.15, 0.2) is 81.9 Å². The molecule has 0 unspecified atom stereocenters. The molecule has 0 bridgehead atoms. The van der Waals surface area contributed by atoms with Gasteiger partial charge in [-0.1, -0.05) is 44.2 Å². The van der Waals surface area contributed by atoms with Crippen molar-refractivity contribution in [2.45, 2.75) is 52.4 Å². The van der Waals surface area contributed by atoms with Crippen LogP contribution in [0.5, 0.6) is 5.75 Å². The number of nitrogen functional groups attached to an aromatic ring is 1. The molecule has 5 rings (SSSR count). The Labute approximate surface area is 270 Å². The van der Waals surface area contributed by atoms with Crippen LogP contribution in [0.25, 0.3) is 10.8 Å². The van der Waals surface area contributed by atoms with Gasteiger partial charge in [-0.05, 0) is 92.1 Å². The van der Waals surface area contributed by atoms with Gasteiger partial charge in [-0.15, -0.1) is 5.11 Å². The van der Waals surface area contributed by atoms with E-state index in [1.807, 2.05) is 58.0 Å². The molecule has 46 heavy (non-hydrogen) atoms. The molecule has 5 aromatic rings. The van der Waals surface area contributed by atoms with E-state index in [1.165, 1.54) is 0 Å². The summed E-state index contributed by atoms with van der Waals surface area (Å²) in [6, 6.07) is 20.1. The predicted octanol–water partition coefficient (Wildman–Crippen LogP) is 7.87. The van der Waals surface area contributed by atoms with Gasteiger partial charge in [0, 0.05) is 12.7 Å². The van der Waals surface area contributed by atoms with Crippen LogP contribution in [-0.4, -0.2) is 41.3 Å². The van der Waals surface area contributed by atoms with Crippen LogP contribution >= 0.6 is 0 Å². The zero-order chi connectivity index (χ0) is 33.4. The lowest BCUT2D eigenvalue weighted by Crippen LogP contribution is -2.07. The number of phenolic OH excluding ortho intramolecular Hbond substituents is 1. The van der Waals surface area contributed by atoms with Crippen LogP contribution in [0.3, 0.4) is 0 Å². The van der Waals surface area contributed by atoms with Gasteiger partial charge < -0.3 is 21.5 Å². The van der Waals surface area contributed by atoms with Crippen LogP contribution in [0.1, 0.15) is 42.8 Å². The third-order valence-electron chi connectivity index (χ3n) is 7.25. The number of aromatic nitrogens is 3. The molecule has 240 valence electrons. The largest absolute Gasteiger partial charge is 0.507 e. The number of benzene rings is 4. The first-order valence-corrected chi connectivity index (χ1v) is 16.6. The number of aryl methyl sites for hydroxylation is 3. The van der Waals surface area contributed by atoms with E-state index in [-0.39, 0.29) is 11.5 Å². The number of anilines is 4. The quantitative estimate of drug-likeness (QED) is 0.0925. The van der Waals surface area contributed by atoms with Gasteiger partial charge in [0.2, 0.25) is 11.9 Å². The second kappa shape index (κ2) is 14.8. The number of sulfone groups is 1. The maximum atomic E-state index is 12.0. The number of nitrogens with one attached hydrogen (secondary N) is 2. The van der Waals surface area contributed by atoms with Crippen molar-refractivity contribution < 1.29 is 13.5 Å². The summed E-state index contributed by atoms with van der Waals surface area (Å²) >= 11 is 0. The number of aromatic hydroxyl groups is 1. The van der Waals surface area contributed by atoms with Crippen LogP contribution in [0, 0.1) is 20.8 Å². The molecule has 5 N–H and O–H groups in total. The van der Waals surface area contributed by atoms with Crippen molar-refractivity contribution in [3.05, 3.63) is 89.2 Å². The van der Waals surface area contributed by atoms with Crippen molar-refractivity contribution in [1.29, 1.82) is 0 Å². The topological polar surface area (TPSA) is 168 Å². The summed E-state index contributed by atoms with van der Waals surface area (Å²) in [7, 11) is -1.47. The average Bonchev–Trinajstić information content (AvgIpc) is 3.02. The highest BCUT2D eigenvalue weighted by molar-refractivity contribution is 7.91.